The molecule has 0 saturated carbocycles. The van der Waals surface area contributed by atoms with Gasteiger partial charge in [-0.15, -0.1) is 0 Å². The second kappa shape index (κ2) is 14.2. The van der Waals surface area contributed by atoms with Crippen LogP contribution >= 0.6 is 0 Å². The van der Waals surface area contributed by atoms with E-state index in [-0.39, 0.29) is 29.5 Å². The van der Waals surface area contributed by atoms with E-state index in [9.17, 15) is 25.5 Å². The van der Waals surface area contributed by atoms with Crippen LogP contribution in [0.15, 0.2) is 66.7 Å². The molecule has 0 amide bonds. The van der Waals surface area contributed by atoms with Crippen LogP contribution in [-0.4, -0.2) is 73.7 Å². The standard InChI is InChI=1S/C40H46N2O6/c43-32-13-17-41(18-14-32)24-30-9-8-29-7-3-26-4-10-34(11-5-26)48-37-23-28(21-31(39(37)46)25-42-19-15-33(44)16-20-42)2-1-27-6-12-35(36(45)22-27)38(29)40(30)47/h4-6,8-12,21-23,32-33,43-47H,1-3,7,13-20,24-25H2. The highest BCUT2D eigenvalue weighted by atomic mass is 16.5. The maximum atomic E-state index is 11.7. The summed E-state index contributed by atoms with van der Waals surface area (Å²) in [5, 5.41) is 54.4. The van der Waals surface area contributed by atoms with E-state index >= 15 is 0 Å². The average molecular weight is 651 g/mol. The Balaban J connectivity index is 1.22. The van der Waals surface area contributed by atoms with Crippen molar-refractivity contribution in [2.75, 3.05) is 26.2 Å². The number of aromatic hydroxyl groups is 3. The molecule has 4 aromatic rings. The molecular formula is C40H46N2O6. The summed E-state index contributed by atoms with van der Waals surface area (Å²) in [6.07, 6.45) is 5.13. The number of nitrogens with zero attached hydrogens (tertiary/aromatic N) is 2. The molecule has 10 rings (SSSR count). The molecule has 0 unspecified atom stereocenters. The summed E-state index contributed by atoms with van der Waals surface area (Å²) in [7, 11) is 0. The molecule has 0 aromatic heterocycles. The molecule has 0 radical (unpaired) electrons. The van der Waals surface area contributed by atoms with Crippen molar-refractivity contribution in [3.8, 4) is 39.9 Å². The predicted octanol–water partition coefficient (Wildman–Crippen LogP) is 6.06. The normalized spacial score (nSPS) is 18.3. The van der Waals surface area contributed by atoms with Crippen LogP contribution in [-0.2, 0) is 38.8 Å². The fourth-order valence-electron chi connectivity index (χ4n) is 7.38. The van der Waals surface area contributed by atoms with Gasteiger partial charge in [-0.25, -0.2) is 0 Å². The number of aryl methyl sites for hydroxylation is 4. The molecule has 8 nitrogen and oxygen atoms in total. The van der Waals surface area contributed by atoms with Gasteiger partial charge < -0.3 is 30.3 Å². The maximum absolute atomic E-state index is 11.7. The monoisotopic (exact) mass is 650 g/mol. The minimum Gasteiger partial charge on any atom is -0.507 e. The number of benzene rings is 4. The van der Waals surface area contributed by atoms with E-state index in [1.54, 1.807) is 6.07 Å². The quantitative estimate of drug-likeness (QED) is 0.181. The van der Waals surface area contributed by atoms with E-state index < -0.39 is 0 Å². The molecule has 0 aliphatic carbocycles. The lowest BCUT2D eigenvalue weighted by Gasteiger charge is -2.30. The van der Waals surface area contributed by atoms with Gasteiger partial charge in [0.25, 0.3) is 0 Å². The smallest absolute Gasteiger partial charge is 0.169 e. The first-order valence-corrected chi connectivity index (χ1v) is 17.4. The zero-order valence-corrected chi connectivity index (χ0v) is 27.4. The van der Waals surface area contributed by atoms with Gasteiger partial charge in [-0.05, 0) is 97.9 Å². The second-order valence-electron chi connectivity index (χ2n) is 13.8. The highest BCUT2D eigenvalue weighted by molar-refractivity contribution is 5.80. The van der Waals surface area contributed by atoms with E-state index in [4.69, 9.17) is 4.74 Å². The van der Waals surface area contributed by atoms with Crippen molar-refractivity contribution < 1.29 is 30.3 Å². The number of hydrogen-bond donors (Lipinski definition) is 5. The SMILES string of the molecule is Oc1cc2ccc1-c1c(ccc(CN3CCC(O)CC3)c1O)CCc1ccc(cc1)Oc1cc(cc(CN3CCC(O)CC3)c1O)CC2. The van der Waals surface area contributed by atoms with Gasteiger partial charge in [-0.3, -0.25) is 9.80 Å². The second-order valence-corrected chi connectivity index (χ2v) is 13.8. The largest absolute Gasteiger partial charge is 0.507 e. The Kier molecular flexibility index (Phi) is 9.59. The fourth-order valence-corrected chi connectivity index (χ4v) is 7.38. The molecule has 252 valence electrons. The number of likely N-dealkylation sites (tertiary alicyclic amines) is 2. The Bertz CT molecular complexity index is 1740. The van der Waals surface area contributed by atoms with Gasteiger partial charge in [0.15, 0.2) is 11.5 Å². The summed E-state index contributed by atoms with van der Waals surface area (Å²) < 4.78 is 6.29. The minimum atomic E-state index is -0.263. The maximum Gasteiger partial charge on any atom is 0.169 e. The lowest BCUT2D eigenvalue weighted by molar-refractivity contribution is 0.0787. The van der Waals surface area contributed by atoms with Crippen LogP contribution in [0.25, 0.3) is 11.1 Å². The Morgan fingerprint density at radius 3 is 1.85 bits per heavy atom. The van der Waals surface area contributed by atoms with E-state index in [1.807, 2.05) is 54.6 Å². The van der Waals surface area contributed by atoms with Crippen LogP contribution < -0.4 is 4.74 Å². The molecule has 8 heteroatoms. The van der Waals surface area contributed by atoms with Crippen LogP contribution in [0.5, 0.6) is 28.7 Å². The number of phenols is 3. The third-order valence-electron chi connectivity index (χ3n) is 10.3. The minimum absolute atomic E-state index is 0.135. The van der Waals surface area contributed by atoms with Crippen molar-refractivity contribution in [1.82, 2.24) is 9.80 Å². The van der Waals surface area contributed by atoms with E-state index in [0.29, 0.717) is 55.0 Å². The molecule has 6 bridgehead atoms. The first-order chi connectivity index (χ1) is 23.3. The molecule has 48 heavy (non-hydrogen) atoms. The molecule has 6 aliphatic rings. The number of aliphatic hydroxyl groups is 2. The lowest BCUT2D eigenvalue weighted by atomic mass is 9.90. The molecule has 0 atom stereocenters. The van der Waals surface area contributed by atoms with Crippen LogP contribution in [0.1, 0.15) is 59.1 Å². The van der Waals surface area contributed by atoms with Gasteiger partial charge in [0.2, 0.25) is 0 Å². The van der Waals surface area contributed by atoms with Crippen molar-refractivity contribution >= 4 is 0 Å². The van der Waals surface area contributed by atoms with Gasteiger partial charge >= 0.3 is 0 Å². The number of hydrogen-bond acceptors (Lipinski definition) is 8. The van der Waals surface area contributed by atoms with Crippen LogP contribution in [0.3, 0.4) is 0 Å². The Hall–Kier alpha value is -4.08. The topological polar surface area (TPSA) is 117 Å². The molecule has 6 heterocycles. The molecule has 5 N–H and O–H groups in total. The summed E-state index contributed by atoms with van der Waals surface area (Å²) in [6.45, 7) is 4.27. The number of phenolic OH excluding ortho intramolecular Hbond substituents is 3. The lowest BCUT2D eigenvalue weighted by Crippen LogP contribution is -2.35. The highest BCUT2D eigenvalue weighted by Gasteiger charge is 2.23. The number of piperidine rings is 2. The zero-order valence-electron chi connectivity index (χ0n) is 27.4. The third-order valence-corrected chi connectivity index (χ3v) is 10.3. The van der Waals surface area contributed by atoms with Crippen molar-refractivity contribution in [1.29, 1.82) is 0 Å². The highest BCUT2D eigenvalue weighted by Crippen LogP contribution is 2.42. The number of aliphatic hydroxyl groups excluding tert-OH is 2. The Morgan fingerprint density at radius 1 is 0.583 bits per heavy atom. The Morgan fingerprint density at radius 2 is 1.19 bits per heavy atom. The molecular weight excluding hydrogens is 604 g/mol. The van der Waals surface area contributed by atoms with Crippen molar-refractivity contribution in [2.45, 2.75) is 76.7 Å². The summed E-state index contributed by atoms with van der Waals surface area (Å²) >= 11 is 0. The number of ether oxygens (including phenoxy) is 1. The van der Waals surface area contributed by atoms with Gasteiger partial charge in [0.05, 0.1) is 12.2 Å². The van der Waals surface area contributed by atoms with Gasteiger partial charge in [0.1, 0.15) is 17.2 Å². The summed E-state index contributed by atoms with van der Waals surface area (Å²) in [5.74, 6) is 1.54. The Labute approximate surface area is 282 Å². The third kappa shape index (κ3) is 7.32. The summed E-state index contributed by atoms with van der Waals surface area (Å²) in [4.78, 5) is 4.52. The molecule has 2 fully saturated rings. The summed E-state index contributed by atoms with van der Waals surface area (Å²) in [5.41, 5.74) is 6.97. The van der Waals surface area contributed by atoms with Gasteiger partial charge in [0, 0.05) is 61.5 Å². The summed E-state index contributed by atoms with van der Waals surface area (Å²) in [6, 6.07) is 21.7. The molecule has 2 saturated heterocycles. The first kappa shape index (κ1) is 32.5. The van der Waals surface area contributed by atoms with Crippen molar-refractivity contribution in [3.63, 3.8) is 0 Å². The molecule has 0 spiro atoms. The average Bonchev–Trinajstić information content (AvgIpc) is 3.08. The number of rotatable bonds is 4. The van der Waals surface area contributed by atoms with E-state index in [2.05, 4.69) is 15.9 Å². The zero-order chi connectivity index (χ0) is 33.2. The van der Waals surface area contributed by atoms with Gasteiger partial charge in [-0.1, -0.05) is 42.5 Å². The van der Waals surface area contributed by atoms with Crippen LogP contribution in [0.2, 0.25) is 0 Å². The van der Waals surface area contributed by atoms with E-state index in [1.165, 1.54) is 0 Å². The predicted molar refractivity (Wildman–Crippen MR) is 186 cm³/mol. The fraction of sp³-hybridized carbons (Fsp3) is 0.400. The van der Waals surface area contributed by atoms with E-state index in [0.717, 1.165) is 91.7 Å². The molecule has 4 aromatic carbocycles. The van der Waals surface area contributed by atoms with Crippen LogP contribution in [0.4, 0.5) is 0 Å². The van der Waals surface area contributed by atoms with Crippen molar-refractivity contribution in [3.05, 3.63) is 100 Å². The molecule has 6 aliphatic heterocycles. The first-order valence-electron chi connectivity index (χ1n) is 17.4. The van der Waals surface area contributed by atoms with Crippen LogP contribution in [0, 0.1) is 0 Å². The van der Waals surface area contributed by atoms with Crippen molar-refractivity contribution in [2.24, 2.45) is 0 Å². The van der Waals surface area contributed by atoms with Gasteiger partial charge in [-0.2, -0.15) is 0 Å².